The Balaban J connectivity index is 2.50. The fraction of sp³-hybridized carbons (Fsp3) is 0.0714. The van der Waals surface area contributed by atoms with Gasteiger partial charge in [0.05, 0.1) is 5.71 Å². The van der Waals surface area contributed by atoms with Crippen molar-refractivity contribution in [1.82, 2.24) is 0 Å². The molecular formula is C14H13NO. The Morgan fingerprint density at radius 2 is 1.81 bits per heavy atom. The molecule has 0 heterocycles. The molecule has 0 fully saturated rings. The van der Waals surface area contributed by atoms with E-state index < -0.39 is 0 Å². The van der Waals surface area contributed by atoms with E-state index in [1.165, 1.54) is 0 Å². The van der Waals surface area contributed by atoms with Crippen molar-refractivity contribution in [3.63, 3.8) is 0 Å². The Hall–Kier alpha value is -2.09. The van der Waals surface area contributed by atoms with Crippen LogP contribution in [0, 0.1) is 5.41 Å². The van der Waals surface area contributed by atoms with E-state index >= 15 is 0 Å². The summed E-state index contributed by atoms with van der Waals surface area (Å²) in [6.07, 6.45) is 5.39. The summed E-state index contributed by atoms with van der Waals surface area (Å²) in [5.74, 6) is 0.161. The quantitative estimate of drug-likeness (QED) is 0.686. The van der Waals surface area contributed by atoms with Gasteiger partial charge in [-0.1, -0.05) is 42.0 Å². The first-order chi connectivity index (χ1) is 7.68. The molecule has 80 valence electrons. The number of rotatable bonds is 1. The van der Waals surface area contributed by atoms with Crippen molar-refractivity contribution in [2.45, 2.75) is 6.92 Å². The van der Waals surface area contributed by atoms with Crippen molar-refractivity contribution in [3.05, 3.63) is 65.3 Å². The third-order valence-corrected chi connectivity index (χ3v) is 2.48. The normalized spacial score (nSPS) is 18.3. The summed E-state index contributed by atoms with van der Waals surface area (Å²) in [6.45, 7) is 1.95. The second kappa shape index (κ2) is 4.19. The average molecular weight is 211 g/mol. The molecule has 0 spiro atoms. The van der Waals surface area contributed by atoms with E-state index in [0.29, 0.717) is 11.3 Å². The number of aliphatic hydroxyl groups is 1. The topological polar surface area (TPSA) is 44.1 Å². The van der Waals surface area contributed by atoms with E-state index in [9.17, 15) is 5.11 Å². The van der Waals surface area contributed by atoms with Gasteiger partial charge in [-0.05, 0) is 19.1 Å². The highest BCUT2D eigenvalue weighted by Crippen LogP contribution is 2.22. The summed E-state index contributed by atoms with van der Waals surface area (Å²) >= 11 is 0. The summed E-state index contributed by atoms with van der Waals surface area (Å²) in [5, 5.41) is 17.9. The van der Waals surface area contributed by atoms with Crippen LogP contribution in [0.15, 0.2) is 59.7 Å². The van der Waals surface area contributed by atoms with Gasteiger partial charge >= 0.3 is 0 Å². The van der Waals surface area contributed by atoms with Crippen LogP contribution in [0.1, 0.15) is 12.5 Å². The van der Waals surface area contributed by atoms with E-state index in [1.807, 2.05) is 49.4 Å². The first-order valence-corrected chi connectivity index (χ1v) is 5.12. The van der Waals surface area contributed by atoms with Crippen molar-refractivity contribution in [3.8, 4) is 0 Å². The average Bonchev–Trinajstić information content (AvgIpc) is 2.32. The molecule has 0 amide bonds. The molecule has 0 saturated carbocycles. The van der Waals surface area contributed by atoms with Crippen LogP contribution in [-0.2, 0) is 0 Å². The minimum atomic E-state index is 0.161. The maximum Gasteiger partial charge on any atom is 0.132 e. The zero-order chi connectivity index (χ0) is 11.5. The monoisotopic (exact) mass is 211 g/mol. The van der Waals surface area contributed by atoms with Crippen LogP contribution in [0.4, 0.5) is 0 Å². The van der Waals surface area contributed by atoms with Gasteiger partial charge in [-0.2, -0.15) is 0 Å². The first kappa shape index (κ1) is 10.4. The fourth-order valence-electron chi connectivity index (χ4n) is 1.61. The van der Waals surface area contributed by atoms with Gasteiger partial charge in [0.15, 0.2) is 0 Å². The van der Waals surface area contributed by atoms with Crippen LogP contribution in [0.2, 0.25) is 0 Å². The summed E-state index contributed by atoms with van der Waals surface area (Å²) in [6, 6.07) is 9.29. The summed E-state index contributed by atoms with van der Waals surface area (Å²) in [5.41, 5.74) is 2.69. The maximum atomic E-state index is 10.1. The van der Waals surface area contributed by atoms with Gasteiger partial charge in [0.1, 0.15) is 5.76 Å². The number of aliphatic hydroxyl groups excluding tert-OH is 1. The lowest BCUT2D eigenvalue weighted by Gasteiger charge is -2.10. The number of hydrogen-bond donors (Lipinski definition) is 2. The van der Waals surface area contributed by atoms with Gasteiger partial charge in [-0.15, -0.1) is 0 Å². The third kappa shape index (κ3) is 1.96. The second-order valence-corrected chi connectivity index (χ2v) is 3.76. The summed E-state index contributed by atoms with van der Waals surface area (Å²) < 4.78 is 0. The van der Waals surface area contributed by atoms with Crippen LogP contribution in [-0.4, -0.2) is 10.8 Å². The van der Waals surface area contributed by atoms with Crippen molar-refractivity contribution in [2.24, 2.45) is 0 Å². The zero-order valence-corrected chi connectivity index (χ0v) is 9.07. The molecule has 1 aliphatic carbocycles. The molecule has 16 heavy (non-hydrogen) atoms. The maximum absolute atomic E-state index is 10.1. The van der Waals surface area contributed by atoms with Gasteiger partial charge in [0.2, 0.25) is 0 Å². The molecule has 2 rings (SSSR count). The van der Waals surface area contributed by atoms with Gasteiger partial charge in [0, 0.05) is 11.1 Å². The van der Waals surface area contributed by atoms with Crippen molar-refractivity contribution in [2.75, 3.05) is 0 Å². The molecule has 0 saturated heterocycles. The molecule has 2 N–H and O–H groups in total. The van der Waals surface area contributed by atoms with E-state index in [4.69, 9.17) is 5.41 Å². The Kier molecular flexibility index (Phi) is 2.73. The van der Waals surface area contributed by atoms with Gasteiger partial charge in [-0.3, -0.25) is 0 Å². The first-order valence-electron chi connectivity index (χ1n) is 5.12. The van der Waals surface area contributed by atoms with E-state index in [1.54, 1.807) is 6.08 Å². The molecule has 1 aromatic rings. The van der Waals surface area contributed by atoms with Crippen molar-refractivity contribution < 1.29 is 5.11 Å². The molecule has 0 aliphatic heterocycles. The molecule has 2 nitrogen and oxygen atoms in total. The predicted molar refractivity (Wildman–Crippen MR) is 66.6 cm³/mol. The smallest absolute Gasteiger partial charge is 0.132 e. The fourth-order valence-corrected chi connectivity index (χ4v) is 1.61. The molecule has 0 unspecified atom stereocenters. The SMILES string of the molecule is CC1=C/C(=C(/O)c2ccccc2)C(=N)C=C1. The Morgan fingerprint density at radius 3 is 2.50 bits per heavy atom. The molecule has 0 aromatic heterocycles. The molecule has 0 bridgehead atoms. The highest BCUT2D eigenvalue weighted by molar-refractivity contribution is 6.13. The predicted octanol–water partition coefficient (Wildman–Crippen LogP) is 3.49. The van der Waals surface area contributed by atoms with Crippen LogP contribution in [0.5, 0.6) is 0 Å². The number of nitrogens with one attached hydrogen (secondary N) is 1. The second-order valence-electron chi connectivity index (χ2n) is 3.76. The Labute approximate surface area is 94.8 Å². The molecular weight excluding hydrogens is 198 g/mol. The molecule has 1 aliphatic rings. The van der Waals surface area contributed by atoms with Crippen LogP contribution in [0.25, 0.3) is 5.76 Å². The minimum absolute atomic E-state index is 0.161. The van der Waals surface area contributed by atoms with Gasteiger partial charge in [0.25, 0.3) is 0 Å². The Morgan fingerprint density at radius 1 is 1.12 bits per heavy atom. The van der Waals surface area contributed by atoms with Crippen LogP contribution in [0.3, 0.4) is 0 Å². The molecule has 0 atom stereocenters. The van der Waals surface area contributed by atoms with Crippen molar-refractivity contribution in [1.29, 1.82) is 5.41 Å². The highest BCUT2D eigenvalue weighted by atomic mass is 16.3. The third-order valence-electron chi connectivity index (χ3n) is 2.48. The summed E-state index contributed by atoms with van der Waals surface area (Å²) in [7, 11) is 0. The number of allylic oxidation sites excluding steroid dienone is 5. The minimum Gasteiger partial charge on any atom is -0.507 e. The van der Waals surface area contributed by atoms with Gasteiger partial charge < -0.3 is 10.5 Å². The molecule has 1 aromatic carbocycles. The highest BCUT2D eigenvalue weighted by Gasteiger charge is 2.11. The van der Waals surface area contributed by atoms with Gasteiger partial charge in [-0.25, -0.2) is 0 Å². The van der Waals surface area contributed by atoms with Crippen LogP contribution < -0.4 is 0 Å². The lowest BCUT2D eigenvalue weighted by atomic mass is 9.97. The zero-order valence-electron chi connectivity index (χ0n) is 9.07. The standard InChI is InChI=1S/C14H13NO/c1-10-7-8-13(15)12(9-10)14(16)11-5-3-2-4-6-11/h2-9,15-16H,1H3/b14-12-,15-13?. The number of benzene rings is 1. The molecule has 0 radical (unpaired) electrons. The lowest BCUT2D eigenvalue weighted by Crippen LogP contribution is -2.03. The van der Waals surface area contributed by atoms with Crippen LogP contribution >= 0.6 is 0 Å². The Bertz CT molecular complexity index is 507. The van der Waals surface area contributed by atoms with Crippen molar-refractivity contribution >= 4 is 11.5 Å². The summed E-state index contributed by atoms with van der Waals surface area (Å²) in [4.78, 5) is 0. The largest absolute Gasteiger partial charge is 0.507 e. The lowest BCUT2D eigenvalue weighted by molar-refractivity contribution is 0.510. The van der Waals surface area contributed by atoms with E-state index in [0.717, 1.165) is 11.1 Å². The van der Waals surface area contributed by atoms with E-state index in [-0.39, 0.29) is 5.76 Å². The number of hydrogen-bond acceptors (Lipinski definition) is 2. The molecule has 2 heteroatoms. The van der Waals surface area contributed by atoms with E-state index in [2.05, 4.69) is 0 Å².